The van der Waals surface area contributed by atoms with Crippen molar-refractivity contribution in [1.29, 1.82) is 0 Å². The molecule has 0 fully saturated rings. The Hall–Kier alpha value is -3.73. The molecular weight excluding hydrogens is 374 g/mol. The Morgan fingerprint density at radius 1 is 0.933 bits per heavy atom. The number of amides is 1. The van der Waals surface area contributed by atoms with E-state index in [0.717, 1.165) is 33.3 Å². The van der Waals surface area contributed by atoms with E-state index < -0.39 is 0 Å². The summed E-state index contributed by atoms with van der Waals surface area (Å²) in [6, 6.07) is 17.1. The molecule has 1 N–H and O–H groups in total. The molecule has 150 valence electrons. The number of hydrogen-bond donors (Lipinski definition) is 1. The van der Waals surface area contributed by atoms with Gasteiger partial charge in [-0.25, -0.2) is 0 Å². The van der Waals surface area contributed by atoms with E-state index in [1.165, 1.54) is 0 Å². The van der Waals surface area contributed by atoms with Gasteiger partial charge in [-0.1, -0.05) is 29.8 Å². The van der Waals surface area contributed by atoms with Gasteiger partial charge in [0, 0.05) is 34.7 Å². The molecule has 4 aromatic rings. The molecule has 0 saturated heterocycles. The molecule has 2 aromatic heterocycles. The largest absolute Gasteiger partial charge is 0.322 e. The number of aromatic nitrogens is 2. The summed E-state index contributed by atoms with van der Waals surface area (Å²) in [6.45, 7) is 6.15. The standard InChI is InChI=1S/C25H23N3O2/c1-16-5-7-23(18(3)12-16)28(25(30)19-8-10-26-11-9-19)15-21-14-20-6-4-17(2)13-22(20)27-24(21)29/h4-14H,15H2,1-3H3,(H,27,29). The smallest absolute Gasteiger partial charge is 0.258 e. The van der Waals surface area contributed by atoms with E-state index in [9.17, 15) is 9.59 Å². The SMILES string of the molecule is Cc1ccc(N(Cc2cc3ccc(C)cc3[nH]c2=O)C(=O)c2ccncc2)c(C)c1. The molecule has 2 aromatic carbocycles. The highest BCUT2D eigenvalue weighted by molar-refractivity contribution is 6.06. The quantitative estimate of drug-likeness (QED) is 0.543. The number of nitrogens with zero attached hydrogens (tertiary/aromatic N) is 2. The number of carbonyl (C=O) groups excluding carboxylic acids is 1. The summed E-state index contributed by atoms with van der Waals surface area (Å²) >= 11 is 0. The van der Waals surface area contributed by atoms with Crippen molar-refractivity contribution in [1.82, 2.24) is 9.97 Å². The number of benzene rings is 2. The van der Waals surface area contributed by atoms with Crippen LogP contribution in [0, 0.1) is 20.8 Å². The third-order valence-electron chi connectivity index (χ3n) is 5.22. The number of nitrogens with one attached hydrogen (secondary N) is 1. The first-order chi connectivity index (χ1) is 14.4. The lowest BCUT2D eigenvalue weighted by atomic mass is 10.1. The summed E-state index contributed by atoms with van der Waals surface area (Å²) in [5.41, 5.74) is 5.62. The summed E-state index contributed by atoms with van der Waals surface area (Å²) < 4.78 is 0. The molecule has 0 radical (unpaired) electrons. The van der Waals surface area contributed by atoms with Gasteiger partial charge in [0.25, 0.3) is 11.5 Å². The Bertz CT molecular complexity index is 1290. The first-order valence-corrected chi connectivity index (χ1v) is 9.84. The average Bonchev–Trinajstić information content (AvgIpc) is 2.73. The molecule has 1 amide bonds. The fourth-order valence-electron chi connectivity index (χ4n) is 3.67. The van der Waals surface area contributed by atoms with E-state index >= 15 is 0 Å². The highest BCUT2D eigenvalue weighted by atomic mass is 16.2. The van der Waals surface area contributed by atoms with Gasteiger partial charge in [-0.15, -0.1) is 0 Å². The van der Waals surface area contributed by atoms with Gasteiger partial charge in [-0.3, -0.25) is 14.6 Å². The maximum absolute atomic E-state index is 13.4. The van der Waals surface area contributed by atoms with Crippen molar-refractivity contribution in [3.05, 3.63) is 105 Å². The minimum atomic E-state index is -0.189. The van der Waals surface area contributed by atoms with Gasteiger partial charge >= 0.3 is 0 Å². The van der Waals surface area contributed by atoms with Crippen LogP contribution in [0.5, 0.6) is 0 Å². The van der Waals surface area contributed by atoms with Gasteiger partial charge in [0.15, 0.2) is 0 Å². The van der Waals surface area contributed by atoms with E-state index in [1.807, 2.05) is 63.2 Å². The molecule has 0 aliphatic rings. The number of H-pyrrole nitrogens is 1. The van der Waals surface area contributed by atoms with Crippen LogP contribution in [0.25, 0.3) is 10.9 Å². The van der Waals surface area contributed by atoms with E-state index in [1.54, 1.807) is 29.4 Å². The zero-order valence-electron chi connectivity index (χ0n) is 17.3. The van der Waals surface area contributed by atoms with Gasteiger partial charge in [-0.05, 0) is 67.6 Å². The predicted octanol–water partition coefficient (Wildman–Crippen LogP) is 4.70. The van der Waals surface area contributed by atoms with Crippen LogP contribution in [-0.4, -0.2) is 15.9 Å². The van der Waals surface area contributed by atoms with Crippen molar-refractivity contribution in [3.63, 3.8) is 0 Å². The first-order valence-electron chi connectivity index (χ1n) is 9.84. The zero-order valence-corrected chi connectivity index (χ0v) is 17.3. The summed E-state index contributed by atoms with van der Waals surface area (Å²) in [7, 11) is 0. The van der Waals surface area contributed by atoms with Gasteiger partial charge < -0.3 is 9.88 Å². The Morgan fingerprint density at radius 3 is 2.37 bits per heavy atom. The van der Waals surface area contributed by atoms with Crippen LogP contribution < -0.4 is 10.5 Å². The van der Waals surface area contributed by atoms with Crippen molar-refractivity contribution in [2.45, 2.75) is 27.3 Å². The van der Waals surface area contributed by atoms with Crippen LogP contribution in [0.1, 0.15) is 32.6 Å². The highest BCUT2D eigenvalue weighted by Gasteiger charge is 2.21. The number of aryl methyl sites for hydroxylation is 3. The molecule has 0 spiro atoms. The third kappa shape index (κ3) is 3.87. The van der Waals surface area contributed by atoms with Gasteiger partial charge in [0.1, 0.15) is 0 Å². The second kappa shape index (κ2) is 7.95. The monoisotopic (exact) mass is 397 g/mol. The molecule has 0 bridgehead atoms. The second-order valence-electron chi connectivity index (χ2n) is 7.63. The van der Waals surface area contributed by atoms with E-state index in [2.05, 4.69) is 9.97 Å². The number of anilines is 1. The molecule has 0 atom stereocenters. The van der Waals surface area contributed by atoms with Gasteiger partial charge in [0.05, 0.1) is 6.54 Å². The van der Waals surface area contributed by atoms with Crippen LogP contribution in [0.2, 0.25) is 0 Å². The lowest BCUT2D eigenvalue weighted by Crippen LogP contribution is -2.33. The maximum Gasteiger partial charge on any atom is 0.258 e. The maximum atomic E-state index is 13.4. The summed E-state index contributed by atoms with van der Waals surface area (Å²) in [6.07, 6.45) is 3.19. The predicted molar refractivity (Wildman–Crippen MR) is 120 cm³/mol. The van der Waals surface area contributed by atoms with Crippen LogP contribution in [0.15, 0.2) is 71.8 Å². The molecule has 5 heteroatoms. The van der Waals surface area contributed by atoms with Crippen molar-refractivity contribution >= 4 is 22.5 Å². The van der Waals surface area contributed by atoms with Gasteiger partial charge in [0.2, 0.25) is 0 Å². The second-order valence-corrected chi connectivity index (χ2v) is 7.63. The number of aromatic amines is 1. The topological polar surface area (TPSA) is 66.1 Å². The van der Waals surface area contributed by atoms with E-state index in [4.69, 9.17) is 0 Å². The summed E-state index contributed by atoms with van der Waals surface area (Å²) in [5.74, 6) is -0.173. The van der Waals surface area contributed by atoms with Crippen LogP contribution in [0.4, 0.5) is 5.69 Å². The van der Waals surface area contributed by atoms with E-state index in [0.29, 0.717) is 11.1 Å². The Balaban J connectivity index is 1.81. The van der Waals surface area contributed by atoms with Crippen molar-refractivity contribution in [2.75, 3.05) is 4.90 Å². The summed E-state index contributed by atoms with van der Waals surface area (Å²) in [5, 5.41) is 0.937. The molecule has 2 heterocycles. The highest BCUT2D eigenvalue weighted by Crippen LogP contribution is 2.25. The minimum Gasteiger partial charge on any atom is -0.322 e. The normalized spacial score (nSPS) is 10.9. The average molecular weight is 397 g/mol. The van der Waals surface area contributed by atoms with Crippen LogP contribution in [0.3, 0.4) is 0 Å². The Morgan fingerprint density at radius 2 is 1.63 bits per heavy atom. The minimum absolute atomic E-state index is 0.171. The summed E-state index contributed by atoms with van der Waals surface area (Å²) in [4.78, 5) is 34.8. The van der Waals surface area contributed by atoms with E-state index in [-0.39, 0.29) is 18.0 Å². The zero-order chi connectivity index (χ0) is 21.3. The number of pyridine rings is 2. The fraction of sp³-hybridized carbons (Fsp3) is 0.160. The molecule has 5 nitrogen and oxygen atoms in total. The molecule has 0 aliphatic carbocycles. The number of carbonyl (C=O) groups is 1. The number of rotatable bonds is 4. The van der Waals surface area contributed by atoms with Gasteiger partial charge in [-0.2, -0.15) is 0 Å². The van der Waals surface area contributed by atoms with Crippen LogP contribution in [-0.2, 0) is 6.54 Å². The molecule has 30 heavy (non-hydrogen) atoms. The van der Waals surface area contributed by atoms with Crippen molar-refractivity contribution in [2.24, 2.45) is 0 Å². The number of hydrogen-bond acceptors (Lipinski definition) is 3. The molecule has 0 unspecified atom stereocenters. The lowest BCUT2D eigenvalue weighted by Gasteiger charge is -2.25. The fourth-order valence-corrected chi connectivity index (χ4v) is 3.67. The first kappa shape index (κ1) is 19.6. The Labute approximate surface area is 175 Å². The van der Waals surface area contributed by atoms with Crippen LogP contribution >= 0.6 is 0 Å². The third-order valence-corrected chi connectivity index (χ3v) is 5.22. The lowest BCUT2D eigenvalue weighted by molar-refractivity contribution is 0.0985. The van der Waals surface area contributed by atoms with Crippen molar-refractivity contribution < 1.29 is 4.79 Å². The Kier molecular flexibility index (Phi) is 5.19. The molecule has 4 rings (SSSR count). The van der Waals surface area contributed by atoms with Crippen molar-refractivity contribution in [3.8, 4) is 0 Å². The molecule has 0 aliphatic heterocycles. The molecular formula is C25H23N3O2. The number of fused-ring (bicyclic) bond motifs is 1. The molecule has 0 saturated carbocycles.